The van der Waals surface area contributed by atoms with E-state index in [1.807, 2.05) is 38.9 Å². The lowest BCUT2D eigenvalue weighted by Gasteiger charge is -2.14. The van der Waals surface area contributed by atoms with Gasteiger partial charge in [-0.2, -0.15) is 0 Å². The lowest BCUT2D eigenvalue weighted by Crippen LogP contribution is -2.32. The Morgan fingerprint density at radius 2 is 1.95 bits per heavy atom. The highest BCUT2D eigenvalue weighted by atomic mass is 32.2. The highest BCUT2D eigenvalue weighted by molar-refractivity contribution is 7.89. The number of nitrogens with one attached hydrogen (secondary N) is 2. The van der Waals surface area contributed by atoms with E-state index in [4.69, 9.17) is 0 Å². The molecule has 0 saturated heterocycles. The zero-order valence-electron chi connectivity index (χ0n) is 12.7. The van der Waals surface area contributed by atoms with Gasteiger partial charge in [0.1, 0.15) is 0 Å². The number of hydrogen-bond acceptors (Lipinski definition) is 4. The molecule has 114 valence electrons. The molecule has 0 fully saturated rings. The van der Waals surface area contributed by atoms with E-state index in [2.05, 4.69) is 10.0 Å². The fourth-order valence-electron chi connectivity index (χ4n) is 1.88. The van der Waals surface area contributed by atoms with Crippen molar-refractivity contribution in [3.8, 4) is 0 Å². The van der Waals surface area contributed by atoms with Crippen LogP contribution in [0.3, 0.4) is 0 Å². The number of likely N-dealkylation sites (N-methyl/N-ethyl adjacent to an activating group) is 1. The van der Waals surface area contributed by atoms with Gasteiger partial charge in [-0.05, 0) is 44.8 Å². The van der Waals surface area contributed by atoms with Crippen LogP contribution in [0.1, 0.15) is 18.1 Å². The van der Waals surface area contributed by atoms with Gasteiger partial charge in [0.05, 0.1) is 4.90 Å². The topological polar surface area (TPSA) is 61.4 Å². The summed E-state index contributed by atoms with van der Waals surface area (Å²) in [5.74, 6) is 0. The normalized spacial score (nSPS) is 12.1. The van der Waals surface area contributed by atoms with Gasteiger partial charge in [-0.1, -0.05) is 19.1 Å². The van der Waals surface area contributed by atoms with Crippen molar-refractivity contribution in [1.82, 2.24) is 14.9 Å². The van der Waals surface area contributed by atoms with E-state index >= 15 is 0 Å². The molecule has 0 unspecified atom stereocenters. The summed E-state index contributed by atoms with van der Waals surface area (Å²) in [6.07, 6.45) is 0. The molecule has 5 nitrogen and oxygen atoms in total. The second-order valence-corrected chi connectivity index (χ2v) is 6.76. The molecule has 1 rings (SSSR count). The van der Waals surface area contributed by atoms with Crippen LogP contribution in [0.4, 0.5) is 0 Å². The standard InChI is InChI=1S/C14H25N3O2S/c1-5-15-11-13-7-6-8-14(12(13)2)20(18,19)16-9-10-17(3)4/h6-8,15-16H,5,9-11H2,1-4H3. The zero-order valence-corrected chi connectivity index (χ0v) is 13.5. The third-order valence-corrected chi connectivity index (χ3v) is 4.71. The number of rotatable bonds is 8. The largest absolute Gasteiger partial charge is 0.313 e. The molecule has 6 heteroatoms. The van der Waals surface area contributed by atoms with Crippen molar-refractivity contribution < 1.29 is 8.42 Å². The summed E-state index contributed by atoms with van der Waals surface area (Å²) in [5.41, 5.74) is 1.83. The van der Waals surface area contributed by atoms with Crippen molar-refractivity contribution in [2.75, 3.05) is 33.7 Å². The Morgan fingerprint density at radius 1 is 1.25 bits per heavy atom. The van der Waals surface area contributed by atoms with Crippen LogP contribution in [0, 0.1) is 6.92 Å². The lowest BCUT2D eigenvalue weighted by atomic mass is 10.1. The van der Waals surface area contributed by atoms with Gasteiger partial charge in [0.2, 0.25) is 10.0 Å². The summed E-state index contributed by atoms with van der Waals surface area (Å²) < 4.78 is 27.3. The van der Waals surface area contributed by atoms with Gasteiger partial charge >= 0.3 is 0 Å². The summed E-state index contributed by atoms with van der Waals surface area (Å²) in [6.45, 7) is 6.51. The average Bonchev–Trinajstić information content (AvgIpc) is 2.36. The van der Waals surface area contributed by atoms with Crippen molar-refractivity contribution in [2.24, 2.45) is 0 Å². The maximum absolute atomic E-state index is 12.3. The Balaban J connectivity index is 2.89. The van der Waals surface area contributed by atoms with Crippen LogP contribution in [0.5, 0.6) is 0 Å². The second-order valence-electron chi connectivity index (χ2n) is 5.02. The Morgan fingerprint density at radius 3 is 2.55 bits per heavy atom. The van der Waals surface area contributed by atoms with Crippen LogP contribution in [0.25, 0.3) is 0 Å². The summed E-state index contributed by atoms with van der Waals surface area (Å²) >= 11 is 0. The number of hydrogen-bond donors (Lipinski definition) is 2. The first-order valence-corrected chi connectivity index (χ1v) is 8.30. The monoisotopic (exact) mass is 299 g/mol. The van der Waals surface area contributed by atoms with Crippen LogP contribution >= 0.6 is 0 Å². The summed E-state index contributed by atoms with van der Waals surface area (Å²) in [7, 11) is 0.388. The molecule has 1 aromatic carbocycles. The smallest absolute Gasteiger partial charge is 0.240 e. The molecular weight excluding hydrogens is 274 g/mol. The van der Waals surface area contributed by atoms with E-state index in [1.165, 1.54) is 0 Å². The molecule has 0 aliphatic heterocycles. The van der Waals surface area contributed by atoms with Gasteiger partial charge in [0, 0.05) is 19.6 Å². The van der Waals surface area contributed by atoms with Crippen LogP contribution in [0.2, 0.25) is 0 Å². The molecule has 0 aromatic heterocycles. The Bertz CT molecular complexity index is 527. The van der Waals surface area contributed by atoms with Gasteiger partial charge in [0.25, 0.3) is 0 Å². The maximum Gasteiger partial charge on any atom is 0.240 e. The number of benzene rings is 1. The summed E-state index contributed by atoms with van der Waals surface area (Å²) in [6, 6.07) is 5.40. The van der Waals surface area contributed by atoms with Crippen molar-refractivity contribution in [2.45, 2.75) is 25.3 Å². The van der Waals surface area contributed by atoms with Gasteiger partial charge in [-0.15, -0.1) is 0 Å². The highest BCUT2D eigenvalue weighted by Crippen LogP contribution is 2.18. The first-order chi connectivity index (χ1) is 9.38. The fraction of sp³-hybridized carbons (Fsp3) is 0.571. The molecule has 0 bridgehead atoms. The predicted molar refractivity (Wildman–Crippen MR) is 82.3 cm³/mol. The van der Waals surface area contributed by atoms with E-state index in [0.29, 0.717) is 24.5 Å². The third-order valence-electron chi connectivity index (χ3n) is 3.10. The van der Waals surface area contributed by atoms with Crippen LogP contribution in [-0.4, -0.2) is 47.0 Å². The Kier molecular flexibility index (Phi) is 6.61. The van der Waals surface area contributed by atoms with E-state index in [0.717, 1.165) is 17.7 Å². The first-order valence-electron chi connectivity index (χ1n) is 6.82. The molecule has 0 saturated carbocycles. The molecule has 0 heterocycles. The van der Waals surface area contributed by atoms with Crippen LogP contribution < -0.4 is 10.0 Å². The molecule has 0 spiro atoms. The van der Waals surface area contributed by atoms with Crippen molar-refractivity contribution in [3.05, 3.63) is 29.3 Å². The molecule has 20 heavy (non-hydrogen) atoms. The van der Waals surface area contributed by atoms with E-state index in [9.17, 15) is 8.42 Å². The van der Waals surface area contributed by atoms with Gasteiger partial charge in [-0.25, -0.2) is 13.1 Å². The first kappa shape index (κ1) is 17.1. The molecular formula is C14H25N3O2S. The quantitative estimate of drug-likeness (QED) is 0.750. The summed E-state index contributed by atoms with van der Waals surface area (Å²) in [5, 5.41) is 3.22. The van der Waals surface area contributed by atoms with E-state index in [-0.39, 0.29) is 0 Å². The van der Waals surface area contributed by atoms with Crippen molar-refractivity contribution in [1.29, 1.82) is 0 Å². The fourth-order valence-corrected chi connectivity index (χ4v) is 3.19. The van der Waals surface area contributed by atoms with Crippen LogP contribution in [-0.2, 0) is 16.6 Å². The molecule has 0 amide bonds. The zero-order chi connectivity index (χ0) is 15.2. The minimum absolute atomic E-state index is 0.367. The second kappa shape index (κ2) is 7.73. The molecule has 1 aromatic rings. The van der Waals surface area contributed by atoms with Gasteiger partial charge < -0.3 is 10.2 Å². The minimum atomic E-state index is -3.44. The van der Waals surface area contributed by atoms with Gasteiger partial charge in [-0.3, -0.25) is 0 Å². The SMILES string of the molecule is CCNCc1cccc(S(=O)(=O)NCCN(C)C)c1C. The van der Waals surface area contributed by atoms with Crippen molar-refractivity contribution in [3.63, 3.8) is 0 Å². The molecule has 0 atom stereocenters. The molecule has 0 aliphatic carbocycles. The Hall–Kier alpha value is -0.950. The number of nitrogens with zero attached hydrogens (tertiary/aromatic N) is 1. The average molecular weight is 299 g/mol. The number of sulfonamides is 1. The van der Waals surface area contributed by atoms with Crippen molar-refractivity contribution >= 4 is 10.0 Å². The highest BCUT2D eigenvalue weighted by Gasteiger charge is 2.17. The Labute approximate surface area is 122 Å². The predicted octanol–water partition coefficient (Wildman–Crippen LogP) is 0.944. The minimum Gasteiger partial charge on any atom is -0.313 e. The summed E-state index contributed by atoms with van der Waals surface area (Å²) in [4.78, 5) is 2.31. The molecule has 0 radical (unpaired) electrons. The third kappa shape index (κ3) is 4.86. The molecule has 2 N–H and O–H groups in total. The van der Waals surface area contributed by atoms with E-state index in [1.54, 1.807) is 12.1 Å². The lowest BCUT2D eigenvalue weighted by molar-refractivity contribution is 0.412. The maximum atomic E-state index is 12.3. The molecule has 0 aliphatic rings. The van der Waals surface area contributed by atoms with Gasteiger partial charge in [0.15, 0.2) is 0 Å². The van der Waals surface area contributed by atoms with Crippen LogP contribution in [0.15, 0.2) is 23.1 Å². The van der Waals surface area contributed by atoms with E-state index < -0.39 is 10.0 Å².